The number of H-pyrrole nitrogens is 2. The van der Waals surface area contributed by atoms with Crippen LogP contribution in [-0.2, 0) is 0 Å². The van der Waals surface area contributed by atoms with Crippen molar-refractivity contribution in [1.82, 2.24) is 35.1 Å². The van der Waals surface area contributed by atoms with Gasteiger partial charge in [-0.1, -0.05) is 6.42 Å². The fraction of sp³-hybridized carbons (Fsp3) is 0.241. The van der Waals surface area contributed by atoms with Crippen LogP contribution in [-0.4, -0.2) is 47.0 Å². The number of thiophene rings is 1. The molecule has 1 aliphatic rings. The summed E-state index contributed by atoms with van der Waals surface area (Å²) in [6.45, 7) is 1.57. The molecule has 0 aliphatic heterocycles. The lowest BCUT2D eigenvalue weighted by molar-refractivity contribution is 0.102. The molecule has 0 atom stereocenters. The molecule has 39 heavy (non-hydrogen) atoms. The zero-order chi connectivity index (χ0) is 26.3. The van der Waals surface area contributed by atoms with Crippen LogP contribution in [0.25, 0.3) is 55.3 Å². The molecule has 0 aromatic carbocycles. The lowest BCUT2D eigenvalue weighted by atomic mass is 9.98. The van der Waals surface area contributed by atoms with E-state index in [0.29, 0.717) is 21.9 Å². The largest absolute Gasteiger partial charge is 0.489 e. The highest BCUT2D eigenvalue weighted by molar-refractivity contribution is 7.17. The van der Waals surface area contributed by atoms with E-state index < -0.39 is 0 Å². The number of pyridine rings is 3. The van der Waals surface area contributed by atoms with E-state index in [9.17, 15) is 4.79 Å². The van der Waals surface area contributed by atoms with E-state index in [4.69, 9.17) is 14.7 Å². The molecule has 6 aromatic rings. The molecule has 1 aliphatic carbocycles. The van der Waals surface area contributed by atoms with Gasteiger partial charge in [0.25, 0.3) is 0 Å². The fourth-order valence-corrected chi connectivity index (χ4v) is 6.03. The van der Waals surface area contributed by atoms with Crippen molar-refractivity contribution in [2.75, 3.05) is 0 Å². The molecule has 7 rings (SSSR count). The zero-order valence-electron chi connectivity index (χ0n) is 21.3. The van der Waals surface area contributed by atoms with E-state index in [1.807, 2.05) is 30.3 Å². The molecular formula is C29H25N7O2S. The molecule has 0 unspecified atom stereocenters. The van der Waals surface area contributed by atoms with E-state index >= 15 is 0 Å². The lowest BCUT2D eigenvalue weighted by Gasteiger charge is -2.22. The monoisotopic (exact) mass is 535 g/mol. The van der Waals surface area contributed by atoms with Gasteiger partial charge in [0.05, 0.1) is 40.1 Å². The van der Waals surface area contributed by atoms with E-state index in [1.54, 1.807) is 31.7 Å². The SMILES string of the molecule is CC(=O)c1ccc(-c2cncc3[nH]c(-c4n[nH]c5ccc(-c6cncc(OC7CCCCC7)c6)nc45)nc23)s1. The highest BCUT2D eigenvalue weighted by Crippen LogP contribution is 2.35. The van der Waals surface area contributed by atoms with Crippen molar-refractivity contribution < 1.29 is 9.53 Å². The highest BCUT2D eigenvalue weighted by Gasteiger charge is 2.19. The third-order valence-corrected chi connectivity index (χ3v) is 8.33. The van der Waals surface area contributed by atoms with Gasteiger partial charge in [0.1, 0.15) is 16.8 Å². The first-order valence-corrected chi connectivity index (χ1v) is 13.9. The van der Waals surface area contributed by atoms with Gasteiger partial charge in [0.2, 0.25) is 0 Å². The fourth-order valence-electron chi connectivity index (χ4n) is 5.12. The summed E-state index contributed by atoms with van der Waals surface area (Å²) < 4.78 is 6.23. The Kier molecular flexibility index (Phi) is 5.89. The summed E-state index contributed by atoms with van der Waals surface area (Å²) in [6.07, 6.45) is 13.2. The zero-order valence-corrected chi connectivity index (χ0v) is 22.1. The van der Waals surface area contributed by atoms with Crippen LogP contribution < -0.4 is 4.74 Å². The molecule has 0 saturated heterocycles. The molecule has 10 heteroatoms. The van der Waals surface area contributed by atoms with Crippen LogP contribution in [0.4, 0.5) is 0 Å². The minimum absolute atomic E-state index is 0.0419. The molecular weight excluding hydrogens is 510 g/mol. The Balaban J connectivity index is 1.25. The number of Topliss-reactive ketones (excluding diaryl/α,β-unsaturated/α-hetero) is 1. The van der Waals surface area contributed by atoms with E-state index in [1.165, 1.54) is 30.6 Å². The quantitative estimate of drug-likeness (QED) is 0.230. The molecule has 2 N–H and O–H groups in total. The average molecular weight is 536 g/mol. The number of imidazole rings is 1. The van der Waals surface area contributed by atoms with Gasteiger partial charge in [-0.3, -0.25) is 19.9 Å². The Morgan fingerprint density at radius 3 is 2.67 bits per heavy atom. The number of hydrogen-bond acceptors (Lipinski definition) is 8. The van der Waals surface area contributed by atoms with Crippen molar-refractivity contribution in [2.24, 2.45) is 0 Å². The predicted molar refractivity (Wildman–Crippen MR) is 151 cm³/mol. The average Bonchev–Trinajstić information content (AvgIpc) is 3.71. The maximum atomic E-state index is 11.8. The molecule has 9 nitrogen and oxygen atoms in total. The second-order valence-electron chi connectivity index (χ2n) is 9.84. The summed E-state index contributed by atoms with van der Waals surface area (Å²) in [7, 11) is 0. The number of carbonyl (C=O) groups excluding carboxylic acids is 1. The molecule has 6 heterocycles. The minimum atomic E-state index is 0.0419. The summed E-state index contributed by atoms with van der Waals surface area (Å²) in [5.74, 6) is 1.40. The first-order valence-electron chi connectivity index (χ1n) is 13.0. The third kappa shape index (κ3) is 4.46. The van der Waals surface area contributed by atoms with E-state index in [0.717, 1.165) is 56.8 Å². The van der Waals surface area contributed by atoms with Crippen molar-refractivity contribution in [1.29, 1.82) is 0 Å². The number of nitrogens with zero attached hydrogens (tertiary/aromatic N) is 5. The van der Waals surface area contributed by atoms with Gasteiger partial charge in [-0.05, 0) is 62.9 Å². The van der Waals surface area contributed by atoms with Gasteiger partial charge >= 0.3 is 0 Å². The third-order valence-electron chi connectivity index (χ3n) is 7.11. The van der Waals surface area contributed by atoms with Crippen LogP contribution in [0.15, 0.2) is 55.1 Å². The number of nitrogens with one attached hydrogen (secondary N) is 2. The second-order valence-corrected chi connectivity index (χ2v) is 10.9. The summed E-state index contributed by atoms with van der Waals surface area (Å²) in [6, 6.07) is 9.70. The van der Waals surface area contributed by atoms with Gasteiger partial charge in [-0.15, -0.1) is 11.3 Å². The summed E-state index contributed by atoms with van der Waals surface area (Å²) in [4.78, 5) is 35.5. The first kappa shape index (κ1) is 23.7. The number of aromatic amines is 2. The maximum absolute atomic E-state index is 11.8. The van der Waals surface area contributed by atoms with Crippen LogP contribution >= 0.6 is 11.3 Å². The summed E-state index contributed by atoms with van der Waals surface area (Å²) in [5, 5.41) is 7.61. The van der Waals surface area contributed by atoms with Crippen LogP contribution in [0.1, 0.15) is 48.7 Å². The topological polar surface area (TPSA) is 122 Å². The number of ether oxygens (including phenoxy) is 1. The van der Waals surface area contributed by atoms with Gasteiger partial charge in [-0.25, -0.2) is 9.97 Å². The van der Waals surface area contributed by atoms with Crippen molar-refractivity contribution in [3.05, 3.63) is 60.0 Å². The van der Waals surface area contributed by atoms with Gasteiger partial charge in [-0.2, -0.15) is 5.10 Å². The van der Waals surface area contributed by atoms with Crippen LogP contribution in [0.2, 0.25) is 0 Å². The lowest BCUT2D eigenvalue weighted by Crippen LogP contribution is -2.19. The van der Waals surface area contributed by atoms with Gasteiger partial charge in [0.15, 0.2) is 17.3 Å². The Labute approximate surface area is 227 Å². The van der Waals surface area contributed by atoms with Crippen LogP contribution in [0.5, 0.6) is 5.75 Å². The molecule has 1 fully saturated rings. The number of aromatic nitrogens is 7. The Morgan fingerprint density at radius 2 is 1.82 bits per heavy atom. The van der Waals surface area contributed by atoms with Crippen molar-refractivity contribution in [3.63, 3.8) is 0 Å². The van der Waals surface area contributed by atoms with Gasteiger partial charge < -0.3 is 9.72 Å². The number of hydrogen-bond donors (Lipinski definition) is 2. The minimum Gasteiger partial charge on any atom is -0.489 e. The smallest absolute Gasteiger partial charge is 0.169 e. The van der Waals surface area contributed by atoms with E-state index in [2.05, 4.69) is 25.1 Å². The summed E-state index contributed by atoms with van der Waals surface area (Å²) in [5.41, 5.74) is 6.20. The first-order chi connectivity index (χ1) is 19.1. The Bertz CT molecular complexity index is 1830. The molecule has 1 saturated carbocycles. The molecule has 6 aromatic heterocycles. The van der Waals surface area contributed by atoms with Crippen LogP contribution in [0.3, 0.4) is 0 Å². The summed E-state index contributed by atoms with van der Waals surface area (Å²) >= 11 is 1.44. The van der Waals surface area contributed by atoms with Crippen molar-refractivity contribution in [2.45, 2.75) is 45.1 Å². The number of fused-ring (bicyclic) bond motifs is 2. The molecule has 0 bridgehead atoms. The van der Waals surface area contributed by atoms with Gasteiger partial charge in [0, 0.05) is 28.4 Å². The second kappa shape index (κ2) is 9.70. The maximum Gasteiger partial charge on any atom is 0.169 e. The molecule has 0 amide bonds. The molecule has 0 spiro atoms. The van der Waals surface area contributed by atoms with Crippen LogP contribution in [0, 0.1) is 0 Å². The number of ketones is 1. The Hall–Kier alpha value is -4.44. The standard InChI is InChI=1S/C29H25N7O2S/c1-16(37)24-9-10-25(39-24)20-14-31-15-23-26(20)34-29(33-23)28-27-22(35-36-28)8-7-21(32-27)17-11-19(13-30-12-17)38-18-5-3-2-4-6-18/h7-15,18H,2-6H2,1H3,(H,33,34)(H,35,36). The highest BCUT2D eigenvalue weighted by atomic mass is 32.1. The predicted octanol–water partition coefficient (Wildman–Crippen LogP) is 6.60. The molecule has 194 valence electrons. The van der Waals surface area contributed by atoms with Crippen molar-refractivity contribution in [3.8, 4) is 39.0 Å². The molecule has 0 radical (unpaired) electrons. The number of carbonyl (C=O) groups is 1. The normalized spacial score (nSPS) is 14.3. The Morgan fingerprint density at radius 1 is 0.949 bits per heavy atom. The number of rotatable bonds is 6. The van der Waals surface area contributed by atoms with Crippen molar-refractivity contribution >= 4 is 39.2 Å². The van der Waals surface area contributed by atoms with E-state index in [-0.39, 0.29) is 11.9 Å².